The molecular weight excluding hydrogens is 391 g/mol. The molecule has 3 rings (SSSR count). The smallest absolute Gasteiger partial charge is 0.201 e. The van der Waals surface area contributed by atoms with E-state index in [1.807, 2.05) is 0 Å². The number of hydrogen-bond donors (Lipinski definition) is 0. The lowest BCUT2D eigenvalue weighted by Crippen LogP contribution is -2.24. The van der Waals surface area contributed by atoms with Crippen molar-refractivity contribution in [3.63, 3.8) is 0 Å². The first-order chi connectivity index (χ1) is 14.0. The molecule has 0 aromatic heterocycles. The lowest BCUT2D eigenvalue weighted by molar-refractivity contribution is 0.0316. The summed E-state index contributed by atoms with van der Waals surface area (Å²) in [7, 11) is 0. The van der Waals surface area contributed by atoms with E-state index in [1.54, 1.807) is 13.0 Å². The number of hydrogen-bond acceptors (Lipinski definition) is 2. The molecule has 2 unspecified atom stereocenters. The highest BCUT2D eigenvalue weighted by Gasteiger charge is 2.27. The number of halogens is 5. The van der Waals surface area contributed by atoms with Crippen LogP contribution in [0.3, 0.4) is 0 Å². The molecule has 0 spiro atoms. The van der Waals surface area contributed by atoms with E-state index in [0.29, 0.717) is 12.8 Å². The molecule has 0 N–H and O–H groups in total. The van der Waals surface area contributed by atoms with Gasteiger partial charge in [0.2, 0.25) is 5.82 Å². The van der Waals surface area contributed by atoms with Crippen LogP contribution in [0.4, 0.5) is 22.0 Å². The largest absolute Gasteiger partial charge is 0.491 e. The summed E-state index contributed by atoms with van der Waals surface area (Å²) in [4.78, 5) is 0. The molecular formula is C22H21F5O2. The van der Waals surface area contributed by atoms with Gasteiger partial charge < -0.3 is 9.47 Å². The standard InChI is InChI=1S/C22H21F5O2/c1-2-28-18-10-9-17(21(26)22(18)27)16-8-7-15(19(24)20(16)25)13-5-6-14(29-12-13)4-3-11-23/h3-4,7-10,13-14H,2,5-6,11-12H2,1H3/b4-3+. The highest BCUT2D eigenvalue weighted by Crippen LogP contribution is 2.36. The molecule has 0 amide bonds. The van der Waals surface area contributed by atoms with Gasteiger partial charge in [-0.1, -0.05) is 24.3 Å². The summed E-state index contributed by atoms with van der Waals surface area (Å²) >= 11 is 0. The molecule has 0 aliphatic carbocycles. The number of ether oxygens (including phenoxy) is 2. The minimum absolute atomic E-state index is 0.117. The Hall–Kier alpha value is -2.41. The fourth-order valence-corrected chi connectivity index (χ4v) is 3.47. The Labute approximate surface area is 165 Å². The zero-order valence-electron chi connectivity index (χ0n) is 15.9. The zero-order chi connectivity index (χ0) is 21.0. The van der Waals surface area contributed by atoms with Crippen LogP contribution in [0.15, 0.2) is 36.4 Å². The van der Waals surface area contributed by atoms with E-state index in [1.165, 1.54) is 24.3 Å². The highest BCUT2D eigenvalue weighted by atomic mass is 19.2. The summed E-state index contributed by atoms with van der Waals surface area (Å²) in [5.41, 5.74) is -0.637. The maximum Gasteiger partial charge on any atom is 0.201 e. The van der Waals surface area contributed by atoms with Gasteiger partial charge in [-0.05, 0) is 37.5 Å². The van der Waals surface area contributed by atoms with Gasteiger partial charge >= 0.3 is 0 Å². The third-order valence-corrected chi connectivity index (χ3v) is 4.94. The summed E-state index contributed by atoms with van der Waals surface area (Å²) in [6.45, 7) is 1.32. The van der Waals surface area contributed by atoms with Crippen molar-refractivity contribution < 1.29 is 31.4 Å². The van der Waals surface area contributed by atoms with E-state index < -0.39 is 29.9 Å². The van der Waals surface area contributed by atoms with Crippen LogP contribution in [0.25, 0.3) is 11.1 Å². The number of allylic oxidation sites excluding steroid dienone is 1. The highest BCUT2D eigenvalue weighted by molar-refractivity contribution is 5.66. The SMILES string of the molecule is CCOc1ccc(-c2ccc(C3CCC(/C=C/CF)OC3)c(F)c2F)c(F)c1F. The average Bonchev–Trinajstić information content (AvgIpc) is 2.73. The molecule has 0 radical (unpaired) electrons. The lowest BCUT2D eigenvalue weighted by Gasteiger charge is -2.28. The van der Waals surface area contributed by atoms with Gasteiger partial charge in [-0.25, -0.2) is 17.6 Å². The van der Waals surface area contributed by atoms with Crippen LogP contribution in [-0.4, -0.2) is 26.0 Å². The quantitative estimate of drug-likeness (QED) is 0.422. The molecule has 7 heteroatoms. The fraction of sp³-hybridized carbons (Fsp3) is 0.364. The van der Waals surface area contributed by atoms with Crippen molar-refractivity contribution in [2.24, 2.45) is 0 Å². The molecule has 1 aliphatic rings. The van der Waals surface area contributed by atoms with E-state index in [0.717, 1.165) is 6.07 Å². The van der Waals surface area contributed by atoms with E-state index >= 15 is 0 Å². The first-order valence-electron chi connectivity index (χ1n) is 9.41. The maximum absolute atomic E-state index is 14.7. The van der Waals surface area contributed by atoms with Crippen LogP contribution in [0.1, 0.15) is 31.2 Å². The number of benzene rings is 2. The average molecular weight is 412 g/mol. The second kappa shape index (κ2) is 9.39. The summed E-state index contributed by atoms with van der Waals surface area (Å²) in [6, 6.07) is 4.95. The van der Waals surface area contributed by atoms with Gasteiger partial charge in [-0.15, -0.1) is 0 Å². The topological polar surface area (TPSA) is 18.5 Å². The van der Waals surface area contributed by atoms with Crippen molar-refractivity contribution in [1.82, 2.24) is 0 Å². The van der Waals surface area contributed by atoms with Crippen LogP contribution in [0.5, 0.6) is 5.75 Å². The Bertz CT molecular complexity index is 889. The van der Waals surface area contributed by atoms with E-state index in [4.69, 9.17) is 9.47 Å². The zero-order valence-corrected chi connectivity index (χ0v) is 15.9. The minimum atomic E-state index is -1.30. The predicted octanol–water partition coefficient (Wildman–Crippen LogP) is 6.10. The number of rotatable bonds is 6. The molecule has 2 atom stereocenters. The molecule has 29 heavy (non-hydrogen) atoms. The van der Waals surface area contributed by atoms with Crippen molar-refractivity contribution in [3.8, 4) is 16.9 Å². The van der Waals surface area contributed by atoms with Crippen LogP contribution in [-0.2, 0) is 4.74 Å². The monoisotopic (exact) mass is 412 g/mol. The third-order valence-electron chi connectivity index (χ3n) is 4.94. The normalized spacial score (nSPS) is 19.7. The Kier molecular flexibility index (Phi) is 6.90. The fourth-order valence-electron chi connectivity index (χ4n) is 3.47. The Balaban J connectivity index is 1.86. The molecule has 156 valence electrons. The van der Waals surface area contributed by atoms with Gasteiger partial charge in [-0.2, -0.15) is 4.39 Å². The van der Waals surface area contributed by atoms with E-state index in [2.05, 4.69) is 0 Å². The summed E-state index contributed by atoms with van der Waals surface area (Å²) in [6.07, 6.45) is 3.78. The van der Waals surface area contributed by atoms with Crippen LogP contribution < -0.4 is 4.74 Å². The maximum atomic E-state index is 14.7. The van der Waals surface area contributed by atoms with E-state index in [9.17, 15) is 22.0 Å². The molecule has 1 aliphatic heterocycles. The van der Waals surface area contributed by atoms with Gasteiger partial charge in [0.15, 0.2) is 23.2 Å². The second-order valence-electron chi connectivity index (χ2n) is 6.73. The van der Waals surface area contributed by atoms with Gasteiger partial charge in [-0.3, -0.25) is 0 Å². The lowest BCUT2D eigenvalue weighted by atomic mass is 9.89. The Morgan fingerprint density at radius 2 is 1.66 bits per heavy atom. The van der Waals surface area contributed by atoms with Crippen LogP contribution in [0.2, 0.25) is 0 Å². The van der Waals surface area contributed by atoms with Crippen molar-refractivity contribution in [2.75, 3.05) is 19.9 Å². The molecule has 2 nitrogen and oxygen atoms in total. The second-order valence-corrected chi connectivity index (χ2v) is 6.73. The molecule has 0 bridgehead atoms. The first kappa shape index (κ1) is 21.3. The van der Waals surface area contributed by atoms with Crippen molar-refractivity contribution >= 4 is 0 Å². The van der Waals surface area contributed by atoms with Gasteiger partial charge in [0.25, 0.3) is 0 Å². The third kappa shape index (κ3) is 4.45. The number of alkyl halides is 1. The molecule has 1 saturated heterocycles. The summed E-state index contributed by atoms with van der Waals surface area (Å²) < 4.78 is 80.7. The van der Waals surface area contributed by atoms with Gasteiger partial charge in [0.1, 0.15) is 6.67 Å². The minimum Gasteiger partial charge on any atom is -0.491 e. The van der Waals surface area contributed by atoms with Crippen LogP contribution >= 0.6 is 0 Å². The predicted molar refractivity (Wildman–Crippen MR) is 99.7 cm³/mol. The van der Waals surface area contributed by atoms with Gasteiger partial charge in [0, 0.05) is 17.0 Å². The molecule has 1 heterocycles. The van der Waals surface area contributed by atoms with Crippen molar-refractivity contribution in [2.45, 2.75) is 31.8 Å². The van der Waals surface area contributed by atoms with Gasteiger partial charge in [0.05, 0.1) is 19.3 Å². The molecule has 2 aromatic carbocycles. The molecule has 2 aromatic rings. The molecule has 0 saturated carbocycles. The van der Waals surface area contributed by atoms with E-state index in [-0.39, 0.29) is 47.7 Å². The molecule has 1 fully saturated rings. The Morgan fingerprint density at radius 3 is 2.28 bits per heavy atom. The summed E-state index contributed by atoms with van der Waals surface area (Å²) in [5, 5.41) is 0. The van der Waals surface area contributed by atoms with Crippen molar-refractivity contribution in [3.05, 3.63) is 65.2 Å². The van der Waals surface area contributed by atoms with Crippen molar-refractivity contribution in [1.29, 1.82) is 0 Å². The summed E-state index contributed by atoms with van der Waals surface area (Å²) in [5.74, 6) is -5.57. The first-order valence-corrected chi connectivity index (χ1v) is 9.41. The van der Waals surface area contributed by atoms with Crippen LogP contribution in [0, 0.1) is 23.3 Å². The Morgan fingerprint density at radius 1 is 0.966 bits per heavy atom.